The highest BCUT2D eigenvalue weighted by molar-refractivity contribution is 5.60. The highest BCUT2D eigenvalue weighted by Gasteiger charge is 2.05. The van der Waals surface area contributed by atoms with Gasteiger partial charge >= 0.3 is 0 Å². The van der Waals surface area contributed by atoms with Crippen LogP contribution in [0.5, 0.6) is 0 Å². The fraction of sp³-hybridized carbons (Fsp3) is 0.400. The third-order valence-electron chi connectivity index (χ3n) is 2.90. The molecule has 2 rings (SSSR count). The van der Waals surface area contributed by atoms with Crippen LogP contribution in [0.4, 0.5) is 5.82 Å². The molecule has 4 nitrogen and oxygen atoms in total. The van der Waals surface area contributed by atoms with Crippen molar-refractivity contribution in [3.63, 3.8) is 0 Å². The van der Waals surface area contributed by atoms with Crippen LogP contribution in [-0.4, -0.2) is 29.0 Å². The molecule has 2 aromatic heterocycles. The second kappa shape index (κ2) is 5.78. The zero-order chi connectivity index (χ0) is 13.8. The smallest absolute Gasteiger partial charge is 0.127 e. The summed E-state index contributed by atoms with van der Waals surface area (Å²) in [6.45, 7) is 4.09. The van der Waals surface area contributed by atoms with E-state index in [1.165, 1.54) is 0 Å². The molecule has 0 aliphatic rings. The second-order valence-electron chi connectivity index (χ2n) is 4.84. The Kier molecular flexibility index (Phi) is 4.10. The minimum Gasteiger partial charge on any atom is -0.363 e. The van der Waals surface area contributed by atoms with Crippen molar-refractivity contribution in [3.05, 3.63) is 35.9 Å². The zero-order valence-corrected chi connectivity index (χ0v) is 12.0. The maximum atomic E-state index is 4.50. The predicted molar refractivity (Wildman–Crippen MR) is 78.3 cm³/mol. The molecule has 0 atom stereocenters. The lowest BCUT2D eigenvalue weighted by atomic mass is 10.1. The van der Waals surface area contributed by atoms with Crippen LogP contribution in [0.2, 0.25) is 0 Å². The first-order chi connectivity index (χ1) is 9.10. The molecule has 2 heterocycles. The molecule has 0 unspecified atom stereocenters. The van der Waals surface area contributed by atoms with Gasteiger partial charge in [-0.3, -0.25) is 0 Å². The van der Waals surface area contributed by atoms with E-state index in [2.05, 4.69) is 34.0 Å². The highest BCUT2D eigenvalue weighted by atomic mass is 15.1. The maximum absolute atomic E-state index is 4.50. The van der Waals surface area contributed by atoms with Gasteiger partial charge in [0.15, 0.2) is 0 Å². The van der Waals surface area contributed by atoms with Crippen LogP contribution in [0.3, 0.4) is 0 Å². The van der Waals surface area contributed by atoms with E-state index in [1.807, 2.05) is 38.2 Å². The summed E-state index contributed by atoms with van der Waals surface area (Å²) in [7, 11) is 3.96. The van der Waals surface area contributed by atoms with Crippen LogP contribution in [0, 0.1) is 6.92 Å². The fourth-order valence-corrected chi connectivity index (χ4v) is 1.96. The molecule has 0 N–H and O–H groups in total. The third-order valence-corrected chi connectivity index (χ3v) is 2.90. The van der Waals surface area contributed by atoms with Gasteiger partial charge in [-0.1, -0.05) is 13.3 Å². The summed E-state index contributed by atoms with van der Waals surface area (Å²) in [4.78, 5) is 15.4. The van der Waals surface area contributed by atoms with E-state index in [0.717, 1.165) is 41.4 Å². The van der Waals surface area contributed by atoms with Crippen LogP contribution in [-0.2, 0) is 6.42 Å². The summed E-state index contributed by atoms with van der Waals surface area (Å²) in [6.07, 6.45) is 3.94. The SMILES string of the molecule is CCCc1cc(-c2ccc(N(C)C)nc2)nc(C)n1. The van der Waals surface area contributed by atoms with Crippen LogP contribution >= 0.6 is 0 Å². The zero-order valence-electron chi connectivity index (χ0n) is 12.0. The minimum absolute atomic E-state index is 0.817. The number of aryl methyl sites for hydroxylation is 2. The Morgan fingerprint density at radius 1 is 1.16 bits per heavy atom. The Hall–Kier alpha value is -1.97. The summed E-state index contributed by atoms with van der Waals surface area (Å²) in [5.74, 6) is 1.76. The molecule has 0 aliphatic heterocycles. The first-order valence-corrected chi connectivity index (χ1v) is 6.58. The molecular formula is C15H20N4. The molecule has 19 heavy (non-hydrogen) atoms. The monoisotopic (exact) mass is 256 g/mol. The first-order valence-electron chi connectivity index (χ1n) is 6.58. The van der Waals surface area contributed by atoms with Gasteiger partial charge in [0, 0.05) is 31.5 Å². The van der Waals surface area contributed by atoms with Crippen LogP contribution < -0.4 is 4.90 Å². The van der Waals surface area contributed by atoms with E-state index in [-0.39, 0.29) is 0 Å². The standard InChI is InChI=1S/C15H20N4/c1-5-6-13-9-14(18-11(2)17-13)12-7-8-15(16-10-12)19(3)4/h7-10H,5-6H2,1-4H3. The van der Waals surface area contributed by atoms with Gasteiger partial charge in [0.1, 0.15) is 11.6 Å². The molecule has 0 aromatic carbocycles. The van der Waals surface area contributed by atoms with Crippen LogP contribution in [0.15, 0.2) is 24.4 Å². The molecule has 0 radical (unpaired) electrons. The van der Waals surface area contributed by atoms with Crippen molar-refractivity contribution in [2.24, 2.45) is 0 Å². The van der Waals surface area contributed by atoms with Gasteiger partial charge in [0.2, 0.25) is 0 Å². The largest absolute Gasteiger partial charge is 0.363 e. The number of nitrogens with zero attached hydrogens (tertiary/aromatic N) is 4. The first kappa shape index (κ1) is 13.5. The Bertz CT molecular complexity index is 547. The number of rotatable bonds is 4. The quantitative estimate of drug-likeness (QED) is 0.843. The normalized spacial score (nSPS) is 10.5. The van der Waals surface area contributed by atoms with Crippen LogP contribution in [0.25, 0.3) is 11.3 Å². The van der Waals surface area contributed by atoms with Crippen molar-refractivity contribution in [2.75, 3.05) is 19.0 Å². The number of hydrogen-bond acceptors (Lipinski definition) is 4. The summed E-state index contributed by atoms with van der Waals surface area (Å²) in [5.41, 5.74) is 3.09. The van der Waals surface area contributed by atoms with Crippen molar-refractivity contribution in [1.82, 2.24) is 15.0 Å². The minimum atomic E-state index is 0.817. The van der Waals surface area contributed by atoms with Gasteiger partial charge in [-0.05, 0) is 31.5 Å². The Morgan fingerprint density at radius 2 is 1.95 bits per heavy atom. The molecule has 0 aliphatic carbocycles. The van der Waals surface area contributed by atoms with Gasteiger partial charge in [0.05, 0.1) is 5.69 Å². The van der Waals surface area contributed by atoms with Gasteiger partial charge in [-0.2, -0.15) is 0 Å². The number of anilines is 1. The highest BCUT2D eigenvalue weighted by Crippen LogP contribution is 2.19. The molecular weight excluding hydrogens is 236 g/mol. The lowest BCUT2D eigenvalue weighted by Gasteiger charge is -2.11. The molecule has 0 fully saturated rings. The molecule has 0 saturated carbocycles. The fourth-order valence-electron chi connectivity index (χ4n) is 1.96. The van der Waals surface area contributed by atoms with E-state index in [4.69, 9.17) is 0 Å². The van der Waals surface area contributed by atoms with Crippen molar-refractivity contribution >= 4 is 5.82 Å². The Morgan fingerprint density at radius 3 is 2.53 bits per heavy atom. The summed E-state index contributed by atoms with van der Waals surface area (Å²) >= 11 is 0. The number of pyridine rings is 1. The molecule has 0 amide bonds. The predicted octanol–water partition coefficient (Wildman–Crippen LogP) is 2.87. The van der Waals surface area contributed by atoms with Gasteiger partial charge in [-0.25, -0.2) is 15.0 Å². The van der Waals surface area contributed by atoms with E-state index in [9.17, 15) is 0 Å². The molecule has 4 heteroatoms. The van der Waals surface area contributed by atoms with E-state index in [1.54, 1.807) is 0 Å². The van der Waals surface area contributed by atoms with Gasteiger partial charge in [0.25, 0.3) is 0 Å². The van der Waals surface area contributed by atoms with Crippen molar-refractivity contribution in [3.8, 4) is 11.3 Å². The Balaban J connectivity index is 2.35. The maximum Gasteiger partial charge on any atom is 0.127 e. The summed E-state index contributed by atoms with van der Waals surface area (Å²) in [5, 5.41) is 0. The molecule has 0 bridgehead atoms. The van der Waals surface area contributed by atoms with Crippen molar-refractivity contribution < 1.29 is 0 Å². The lowest BCUT2D eigenvalue weighted by molar-refractivity contribution is 0.858. The van der Waals surface area contributed by atoms with E-state index in [0.29, 0.717) is 0 Å². The summed E-state index contributed by atoms with van der Waals surface area (Å²) < 4.78 is 0. The molecule has 100 valence electrons. The average Bonchev–Trinajstić information content (AvgIpc) is 2.38. The third kappa shape index (κ3) is 3.28. The molecule has 0 saturated heterocycles. The van der Waals surface area contributed by atoms with Crippen LogP contribution in [0.1, 0.15) is 24.9 Å². The van der Waals surface area contributed by atoms with E-state index >= 15 is 0 Å². The van der Waals surface area contributed by atoms with E-state index < -0.39 is 0 Å². The summed E-state index contributed by atoms with van der Waals surface area (Å²) in [6, 6.07) is 6.12. The van der Waals surface area contributed by atoms with Crippen molar-refractivity contribution in [2.45, 2.75) is 26.7 Å². The second-order valence-corrected chi connectivity index (χ2v) is 4.84. The van der Waals surface area contributed by atoms with Gasteiger partial charge in [-0.15, -0.1) is 0 Å². The topological polar surface area (TPSA) is 41.9 Å². The van der Waals surface area contributed by atoms with Gasteiger partial charge < -0.3 is 4.90 Å². The lowest BCUT2D eigenvalue weighted by Crippen LogP contribution is -2.10. The Labute approximate surface area is 114 Å². The average molecular weight is 256 g/mol. The molecule has 2 aromatic rings. The number of aromatic nitrogens is 3. The van der Waals surface area contributed by atoms with Crippen molar-refractivity contribution in [1.29, 1.82) is 0 Å². The number of hydrogen-bond donors (Lipinski definition) is 0. The molecule has 0 spiro atoms.